The first-order valence-electron chi connectivity index (χ1n) is 6.64. The SMILES string of the molecule is CC(=O)c1cc(Cl)c(OC2CCCCC2)cc1[N+](=O)[O-]. The second-order valence-electron chi connectivity index (χ2n) is 4.99. The lowest BCUT2D eigenvalue weighted by Crippen LogP contribution is -2.20. The molecule has 0 aromatic heterocycles. The summed E-state index contributed by atoms with van der Waals surface area (Å²) in [7, 11) is 0. The third kappa shape index (κ3) is 3.28. The Labute approximate surface area is 122 Å². The highest BCUT2D eigenvalue weighted by atomic mass is 35.5. The molecule has 0 radical (unpaired) electrons. The Hall–Kier alpha value is -1.62. The zero-order chi connectivity index (χ0) is 14.7. The van der Waals surface area contributed by atoms with Crippen LogP contribution in [0, 0.1) is 10.1 Å². The van der Waals surface area contributed by atoms with E-state index in [-0.39, 0.29) is 33.9 Å². The van der Waals surface area contributed by atoms with Crippen LogP contribution in [0.25, 0.3) is 0 Å². The average Bonchev–Trinajstić information content (AvgIpc) is 2.41. The zero-order valence-electron chi connectivity index (χ0n) is 11.2. The van der Waals surface area contributed by atoms with E-state index in [2.05, 4.69) is 0 Å². The van der Waals surface area contributed by atoms with E-state index in [1.165, 1.54) is 25.5 Å². The minimum atomic E-state index is -0.583. The van der Waals surface area contributed by atoms with E-state index < -0.39 is 4.92 Å². The van der Waals surface area contributed by atoms with Crippen molar-refractivity contribution in [3.05, 3.63) is 32.8 Å². The van der Waals surface area contributed by atoms with Crippen molar-refractivity contribution in [1.29, 1.82) is 0 Å². The number of hydrogen-bond acceptors (Lipinski definition) is 4. The van der Waals surface area contributed by atoms with Crippen LogP contribution in [0.3, 0.4) is 0 Å². The number of nitrogens with zero attached hydrogens (tertiary/aromatic N) is 1. The Balaban J connectivity index is 2.31. The monoisotopic (exact) mass is 297 g/mol. The molecule has 1 fully saturated rings. The van der Waals surface area contributed by atoms with Gasteiger partial charge in [-0.05, 0) is 38.7 Å². The van der Waals surface area contributed by atoms with Crippen LogP contribution in [0.1, 0.15) is 49.4 Å². The number of benzene rings is 1. The number of carbonyl (C=O) groups is 1. The lowest BCUT2D eigenvalue weighted by atomic mass is 9.98. The second-order valence-corrected chi connectivity index (χ2v) is 5.40. The fraction of sp³-hybridized carbons (Fsp3) is 0.500. The third-order valence-corrected chi connectivity index (χ3v) is 3.77. The van der Waals surface area contributed by atoms with E-state index >= 15 is 0 Å². The molecule has 5 nitrogen and oxygen atoms in total. The molecule has 0 bridgehead atoms. The molecular formula is C14H16ClNO4. The van der Waals surface area contributed by atoms with Crippen molar-refractivity contribution in [2.45, 2.75) is 45.1 Å². The smallest absolute Gasteiger partial charge is 0.283 e. The molecule has 0 unspecified atom stereocenters. The van der Waals surface area contributed by atoms with E-state index in [4.69, 9.17) is 16.3 Å². The van der Waals surface area contributed by atoms with Gasteiger partial charge >= 0.3 is 0 Å². The maximum Gasteiger partial charge on any atom is 0.283 e. The van der Waals surface area contributed by atoms with E-state index in [9.17, 15) is 14.9 Å². The maximum atomic E-state index is 11.4. The molecule has 108 valence electrons. The summed E-state index contributed by atoms with van der Waals surface area (Å²) in [6.07, 6.45) is 5.28. The Bertz CT molecular complexity index is 538. The van der Waals surface area contributed by atoms with Crippen LogP contribution in [0.4, 0.5) is 5.69 Å². The Morgan fingerprint density at radius 3 is 2.55 bits per heavy atom. The van der Waals surface area contributed by atoms with Gasteiger partial charge in [0.05, 0.1) is 27.7 Å². The summed E-state index contributed by atoms with van der Waals surface area (Å²) in [6.45, 7) is 1.28. The number of halogens is 1. The number of ether oxygens (including phenoxy) is 1. The minimum absolute atomic E-state index is 0.0102. The molecule has 1 aliphatic rings. The van der Waals surface area contributed by atoms with Crippen LogP contribution in [0.2, 0.25) is 5.02 Å². The molecule has 2 rings (SSSR count). The van der Waals surface area contributed by atoms with Gasteiger partial charge in [0.25, 0.3) is 5.69 Å². The van der Waals surface area contributed by atoms with Crippen LogP contribution < -0.4 is 4.74 Å². The van der Waals surface area contributed by atoms with Gasteiger partial charge in [-0.1, -0.05) is 18.0 Å². The van der Waals surface area contributed by atoms with E-state index in [0.717, 1.165) is 25.7 Å². The third-order valence-electron chi connectivity index (χ3n) is 3.47. The number of carbonyl (C=O) groups excluding carboxylic acids is 1. The predicted molar refractivity (Wildman–Crippen MR) is 75.6 cm³/mol. The summed E-state index contributed by atoms with van der Waals surface area (Å²) >= 11 is 6.07. The summed E-state index contributed by atoms with van der Waals surface area (Å²) in [4.78, 5) is 21.9. The molecule has 1 aromatic carbocycles. The number of nitro groups is 1. The summed E-state index contributed by atoms with van der Waals surface area (Å²) in [6, 6.07) is 2.58. The lowest BCUT2D eigenvalue weighted by Gasteiger charge is -2.23. The number of Topliss-reactive ketones (excluding diaryl/α,β-unsaturated/α-hetero) is 1. The highest BCUT2D eigenvalue weighted by Gasteiger charge is 2.23. The second kappa shape index (κ2) is 6.22. The summed E-state index contributed by atoms with van der Waals surface area (Å²) in [5.74, 6) is -0.0990. The van der Waals surface area contributed by atoms with Gasteiger partial charge in [0, 0.05) is 0 Å². The summed E-state index contributed by atoms with van der Waals surface area (Å²) < 4.78 is 5.76. The van der Waals surface area contributed by atoms with Gasteiger partial charge in [0.15, 0.2) is 5.78 Å². The van der Waals surface area contributed by atoms with E-state index in [1.807, 2.05) is 0 Å². The van der Waals surface area contributed by atoms with Crippen molar-refractivity contribution in [3.63, 3.8) is 0 Å². The molecule has 0 N–H and O–H groups in total. The Kier molecular flexibility index (Phi) is 4.60. The quantitative estimate of drug-likeness (QED) is 0.475. The number of nitro benzene ring substituents is 1. The van der Waals surface area contributed by atoms with Crippen molar-refractivity contribution in [2.75, 3.05) is 0 Å². The lowest BCUT2D eigenvalue weighted by molar-refractivity contribution is -0.385. The van der Waals surface area contributed by atoms with Gasteiger partial charge in [-0.25, -0.2) is 0 Å². The maximum absolute atomic E-state index is 11.4. The van der Waals surface area contributed by atoms with Gasteiger partial charge in [0.2, 0.25) is 0 Å². The highest BCUT2D eigenvalue weighted by Crippen LogP contribution is 2.35. The van der Waals surface area contributed by atoms with E-state index in [0.29, 0.717) is 0 Å². The van der Waals surface area contributed by atoms with Crippen molar-refractivity contribution < 1.29 is 14.5 Å². The fourth-order valence-corrected chi connectivity index (χ4v) is 2.64. The molecular weight excluding hydrogens is 282 g/mol. The Morgan fingerprint density at radius 2 is 2.00 bits per heavy atom. The first kappa shape index (κ1) is 14.8. The van der Waals surface area contributed by atoms with Crippen molar-refractivity contribution >= 4 is 23.1 Å². The molecule has 0 aliphatic heterocycles. The predicted octanol–water partition coefficient (Wildman–Crippen LogP) is 4.16. The summed E-state index contributed by atoms with van der Waals surface area (Å²) in [5.41, 5.74) is -0.247. The average molecular weight is 298 g/mol. The summed E-state index contributed by atoms with van der Waals surface area (Å²) in [5, 5.41) is 11.3. The molecule has 0 heterocycles. The van der Waals surface area contributed by atoms with Crippen LogP contribution in [-0.4, -0.2) is 16.8 Å². The molecule has 0 atom stereocenters. The molecule has 0 saturated heterocycles. The highest BCUT2D eigenvalue weighted by molar-refractivity contribution is 6.32. The normalized spacial score (nSPS) is 15.9. The number of rotatable bonds is 4. The van der Waals surface area contributed by atoms with Crippen LogP contribution in [0.5, 0.6) is 5.75 Å². The Morgan fingerprint density at radius 1 is 1.35 bits per heavy atom. The van der Waals surface area contributed by atoms with Gasteiger partial charge in [0.1, 0.15) is 5.75 Å². The van der Waals surface area contributed by atoms with Crippen molar-refractivity contribution in [2.24, 2.45) is 0 Å². The van der Waals surface area contributed by atoms with Crippen molar-refractivity contribution in [3.8, 4) is 5.75 Å². The number of hydrogen-bond donors (Lipinski definition) is 0. The molecule has 0 amide bonds. The van der Waals surface area contributed by atoms with Gasteiger partial charge in [-0.2, -0.15) is 0 Å². The largest absolute Gasteiger partial charge is 0.489 e. The van der Waals surface area contributed by atoms with Crippen LogP contribution >= 0.6 is 11.6 Å². The number of ketones is 1. The molecule has 1 aromatic rings. The molecule has 1 saturated carbocycles. The van der Waals surface area contributed by atoms with Gasteiger partial charge in [-0.15, -0.1) is 0 Å². The van der Waals surface area contributed by atoms with E-state index in [1.54, 1.807) is 0 Å². The van der Waals surface area contributed by atoms with Crippen molar-refractivity contribution in [1.82, 2.24) is 0 Å². The van der Waals surface area contributed by atoms with Gasteiger partial charge in [-0.3, -0.25) is 14.9 Å². The minimum Gasteiger partial charge on any atom is -0.489 e. The van der Waals surface area contributed by atoms with Crippen LogP contribution in [0.15, 0.2) is 12.1 Å². The molecule has 0 spiro atoms. The zero-order valence-corrected chi connectivity index (χ0v) is 12.0. The molecule has 20 heavy (non-hydrogen) atoms. The van der Waals surface area contributed by atoms with Gasteiger partial charge < -0.3 is 4.74 Å². The topological polar surface area (TPSA) is 69.4 Å². The molecule has 1 aliphatic carbocycles. The first-order chi connectivity index (χ1) is 9.49. The van der Waals surface area contributed by atoms with Crippen LogP contribution in [-0.2, 0) is 0 Å². The standard InChI is InChI=1S/C14H16ClNO4/c1-9(17)11-7-12(15)14(8-13(11)16(18)19)20-10-5-3-2-4-6-10/h7-8,10H,2-6H2,1H3. The first-order valence-corrected chi connectivity index (χ1v) is 7.02. The fourth-order valence-electron chi connectivity index (χ4n) is 2.43. The molecule has 6 heteroatoms.